The molecular weight excluding hydrogens is 526 g/mol. The number of carbonyl (C=O) groups is 2. The average molecular weight is 572 g/mol. The van der Waals surface area contributed by atoms with Crippen molar-refractivity contribution in [1.29, 1.82) is 0 Å². The number of ether oxygens (including phenoxy) is 2. The summed E-state index contributed by atoms with van der Waals surface area (Å²) >= 11 is 0. The zero-order valence-corrected chi connectivity index (χ0v) is 25.3. The van der Waals surface area contributed by atoms with Crippen LogP contribution in [0.4, 0.5) is 0 Å². The molecule has 0 aromatic heterocycles. The molecular formula is C36H45NO5. The van der Waals surface area contributed by atoms with E-state index in [0.29, 0.717) is 54.9 Å². The third kappa shape index (κ3) is 3.10. The summed E-state index contributed by atoms with van der Waals surface area (Å²) in [5.74, 6) is 1.24. The van der Waals surface area contributed by atoms with Crippen molar-refractivity contribution in [3.63, 3.8) is 0 Å². The van der Waals surface area contributed by atoms with Crippen molar-refractivity contribution in [2.45, 2.75) is 97.0 Å². The van der Waals surface area contributed by atoms with Gasteiger partial charge >= 0.3 is 11.9 Å². The van der Waals surface area contributed by atoms with E-state index in [4.69, 9.17) is 15.2 Å². The summed E-state index contributed by atoms with van der Waals surface area (Å²) in [5.41, 5.74) is 8.04. The molecule has 2 fully saturated rings. The highest BCUT2D eigenvalue weighted by Crippen LogP contribution is 2.87. The minimum absolute atomic E-state index is 0.134. The molecule has 7 unspecified atom stereocenters. The molecule has 42 heavy (non-hydrogen) atoms. The SMILES string of the molecule is CCCC(O)=C1OC(=O)C23C4=C(CCC12C1(OC(=O)c2c(CCCN)cccc21)C3CCC)C1C=CCC(C)C1CC4. The Labute approximate surface area is 249 Å². The van der Waals surface area contributed by atoms with Crippen molar-refractivity contribution in [2.75, 3.05) is 6.54 Å². The minimum atomic E-state index is -1.05. The number of allylic oxidation sites excluding steroid dienone is 4. The van der Waals surface area contributed by atoms with E-state index in [0.717, 1.165) is 62.5 Å². The van der Waals surface area contributed by atoms with Gasteiger partial charge in [0.2, 0.25) is 0 Å². The van der Waals surface area contributed by atoms with Gasteiger partial charge in [-0.1, -0.05) is 68.7 Å². The molecule has 1 saturated heterocycles. The maximum atomic E-state index is 14.6. The van der Waals surface area contributed by atoms with Crippen LogP contribution in [0, 0.1) is 34.5 Å². The number of aliphatic hydroxyl groups excluding tert-OH is 1. The zero-order chi connectivity index (χ0) is 29.4. The lowest BCUT2D eigenvalue weighted by atomic mass is 9.28. The van der Waals surface area contributed by atoms with Gasteiger partial charge in [0.25, 0.3) is 0 Å². The monoisotopic (exact) mass is 571 g/mol. The van der Waals surface area contributed by atoms with Crippen LogP contribution in [-0.2, 0) is 26.3 Å². The van der Waals surface area contributed by atoms with Crippen molar-refractivity contribution >= 4 is 11.9 Å². The maximum Gasteiger partial charge on any atom is 0.339 e. The number of carbonyl (C=O) groups excluding carboxylic acids is 2. The van der Waals surface area contributed by atoms with Gasteiger partial charge in [0.05, 0.1) is 11.0 Å². The first-order valence-corrected chi connectivity index (χ1v) is 16.4. The molecule has 7 rings (SSSR count). The summed E-state index contributed by atoms with van der Waals surface area (Å²) in [4.78, 5) is 28.6. The summed E-state index contributed by atoms with van der Waals surface area (Å²) < 4.78 is 13.1. The summed E-state index contributed by atoms with van der Waals surface area (Å²) in [5, 5.41) is 11.6. The Balaban J connectivity index is 1.51. The molecule has 2 heterocycles. The molecule has 0 amide bonds. The van der Waals surface area contributed by atoms with Crippen molar-refractivity contribution in [3.8, 4) is 0 Å². The van der Waals surface area contributed by atoms with Gasteiger partial charge in [-0.15, -0.1) is 0 Å². The fourth-order valence-corrected chi connectivity index (χ4v) is 10.7. The van der Waals surface area contributed by atoms with Crippen LogP contribution in [0.15, 0.2) is 53.0 Å². The summed E-state index contributed by atoms with van der Waals surface area (Å²) in [6.45, 7) is 7.07. The highest BCUT2D eigenvalue weighted by atomic mass is 16.6. The van der Waals surface area contributed by atoms with Gasteiger partial charge in [0.15, 0.2) is 11.4 Å². The fourth-order valence-electron chi connectivity index (χ4n) is 10.7. The van der Waals surface area contributed by atoms with E-state index in [2.05, 4.69) is 26.0 Å². The molecule has 1 spiro atoms. The third-order valence-electron chi connectivity index (χ3n) is 12.0. The number of fused-ring (bicyclic) bond motifs is 4. The van der Waals surface area contributed by atoms with Gasteiger partial charge in [0, 0.05) is 23.8 Å². The van der Waals surface area contributed by atoms with Crippen molar-refractivity contribution in [2.24, 2.45) is 40.2 Å². The standard InChI is InChI=1S/C36H45NO5/c1-4-9-28(38)31-34-19-18-25-24-14-6-11-21(3)23(24)16-17-26(25)35(34,33(40)41-31)29(10-5-2)36(34)27-15-7-12-22(13-8-20-37)30(27)32(39)42-36/h6-7,12,14-15,21,23-24,29,38H,4-5,8-11,13,16-20,37H2,1-3H3. The van der Waals surface area contributed by atoms with Crippen LogP contribution >= 0.6 is 0 Å². The van der Waals surface area contributed by atoms with Crippen LogP contribution in [0.5, 0.6) is 0 Å². The summed E-state index contributed by atoms with van der Waals surface area (Å²) in [7, 11) is 0. The Kier molecular flexibility index (Phi) is 6.54. The number of cyclic esters (lactones) is 1. The van der Waals surface area contributed by atoms with Crippen LogP contribution < -0.4 is 5.73 Å². The Morgan fingerprint density at radius 1 is 1.17 bits per heavy atom. The minimum Gasteiger partial charge on any atom is -0.509 e. The lowest BCUT2D eigenvalue weighted by Gasteiger charge is -2.71. The predicted octanol–water partition coefficient (Wildman–Crippen LogP) is 7.19. The molecule has 3 N–H and O–H groups in total. The van der Waals surface area contributed by atoms with E-state index >= 15 is 0 Å². The molecule has 1 aromatic rings. The lowest BCUT2D eigenvalue weighted by Crippen LogP contribution is -2.77. The quantitative estimate of drug-likeness (QED) is 0.204. The van der Waals surface area contributed by atoms with E-state index in [1.54, 1.807) is 0 Å². The Hall–Kier alpha value is -2.86. The van der Waals surface area contributed by atoms with E-state index in [1.165, 1.54) is 11.1 Å². The van der Waals surface area contributed by atoms with Crippen LogP contribution in [0.3, 0.4) is 0 Å². The molecule has 4 aliphatic carbocycles. The van der Waals surface area contributed by atoms with Gasteiger partial charge < -0.3 is 20.3 Å². The average Bonchev–Trinajstić information content (AvgIpc) is 3.44. The lowest BCUT2D eigenvalue weighted by molar-refractivity contribution is -0.278. The van der Waals surface area contributed by atoms with Gasteiger partial charge in [-0.3, -0.25) is 4.79 Å². The summed E-state index contributed by atoms with van der Waals surface area (Å²) in [6.07, 6.45) is 13.4. The Bertz CT molecular complexity index is 1440. The first-order chi connectivity index (χ1) is 20.3. The Morgan fingerprint density at radius 3 is 2.76 bits per heavy atom. The van der Waals surface area contributed by atoms with Gasteiger partial charge in [0.1, 0.15) is 11.2 Å². The van der Waals surface area contributed by atoms with Crippen LogP contribution in [0.25, 0.3) is 0 Å². The molecule has 224 valence electrons. The second kappa shape index (κ2) is 9.83. The molecule has 1 aromatic carbocycles. The number of aryl methyl sites for hydroxylation is 1. The number of rotatable bonds is 7. The van der Waals surface area contributed by atoms with Gasteiger partial charge in [-0.2, -0.15) is 0 Å². The van der Waals surface area contributed by atoms with Crippen LogP contribution in [0.1, 0.15) is 106 Å². The van der Waals surface area contributed by atoms with Gasteiger partial charge in [-0.25, -0.2) is 4.79 Å². The fraction of sp³-hybridized carbons (Fsp3) is 0.611. The molecule has 0 radical (unpaired) electrons. The van der Waals surface area contributed by atoms with Crippen LogP contribution in [-0.4, -0.2) is 23.6 Å². The Morgan fingerprint density at radius 2 is 2.00 bits per heavy atom. The topological polar surface area (TPSA) is 98.9 Å². The van der Waals surface area contributed by atoms with E-state index in [-0.39, 0.29) is 23.6 Å². The number of aliphatic hydroxyl groups is 1. The molecule has 7 atom stereocenters. The number of hydrogen-bond donors (Lipinski definition) is 2. The third-order valence-corrected chi connectivity index (χ3v) is 12.0. The number of hydrogen-bond acceptors (Lipinski definition) is 6. The van der Waals surface area contributed by atoms with Gasteiger partial charge in [-0.05, 0) is 81.7 Å². The molecule has 6 aliphatic rings. The predicted molar refractivity (Wildman–Crippen MR) is 160 cm³/mol. The summed E-state index contributed by atoms with van der Waals surface area (Å²) in [6, 6.07) is 6.07. The first kappa shape index (κ1) is 27.9. The molecule has 6 heteroatoms. The number of esters is 2. The molecule has 2 aliphatic heterocycles. The van der Waals surface area contributed by atoms with E-state index in [1.807, 2.05) is 25.1 Å². The highest BCUT2D eigenvalue weighted by Gasteiger charge is 2.93. The second-order valence-corrected chi connectivity index (χ2v) is 13.7. The van der Waals surface area contributed by atoms with Crippen molar-refractivity contribution in [3.05, 3.63) is 69.7 Å². The second-order valence-electron chi connectivity index (χ2n) is 13.7. The smallest absolute Gasteiger partial charge is 0.339 e. The highest BCUT2D eigenvalue weighted by molar-refractivity contribution is 6.00. The zero-order valence-electron chi connectivity index (χ0n) is 25.3. The molecule has 0 bridgehead atoms. The van der Waals surface area contributed by atoms with E-state index in [9.17, 15) is 14.7 Å². The van der Waals surface area contributed by atoms with E-state index < -0.39 is 16.4 Å². The maximum absolute atomic E-state index is 14.6. The van der Waals surface area contributed by atoms with Crippen molar-refractivity contribution in [1.82, 2.24) is 0 Å². The normalized spacial score (nSPS) is 38.7. The largest absolute Gasteiger partial charge is 0.509 e. The number of benzene rings is 1. The molecule has 6 nitrogen and oxygen atoms in total. The number of nitrogens with two attached hydrogens (primary N) is 1. The molecule has 1 saturated carbocycles. The van der Waals surface area contributed by atoms with Crippen LogP contribution in [0.2, 0.25) is 0 Å². The first-order valence-electron chi connectivity index (χ1n) is 16.4. The van der Waals surface area contributed by atoms with Crippen molar-refractivity contribution < 1.29 is 24.2 Å².